The van der Waals surface area contributed by atoms with Crippen molar-refractivity contribution >= 4 is 21.6 Å². The molecule has 0 atom stereocenters. The van der Waals surface area contributed by atoms with Crippen LogP contribution in [0.5, 0.6) is 5.75 Å². The number of sulfonamides is 1. The molecule has 1 aliphatic rings. The SMILES string of the molecule is COc1ccc(C)cc1N(CC(=O)N1CCN(Cc2ccccc2)CC1)S(=O)(=O)c1ccccc1. The highest BCUT2D eigenvalue weighted by atomic mass is 32.2. The fourth-order valence-electron chi connectivity index (χ4n) is 4.23. The second-order valence-corrected chi connectivity index (χ2v) is 10.5. The molecule has 1 saturated heterocycles. The van der Waals surface area contributed by atoms with Crippen LogP contribution in [0.3, 0.4) is 0 Å². The highest BCUT2D eigenvalue weighted by Gasteiger charge is 2.32. The lowest BCUT2D eigenvalue weighted by molar-refractivity contribution is -0.131. The molecule has 4 rings (SSSR count). The normalized spacial score (nSPS) is 14.5. The van der Waals surface area contributed by atoms with Gasteiger partial charge in [0.25, 0.3) is 10.0 Å². The maximum atomic E-state index is 13.7. The summed E-state index contributed by atoms with van der Waals surface area (Å²) in [5.41, 5.74) is 2.46. The van der Waals surface area contributed by atoms with Crippen molar-refractivity contribution in [3.05, 3.63) is 90.0 Å². The van der Waals surface area contributed by atoms with Crippen LogP contribution in [0.4, 0.5) is 5.69 Å². The predicted molar refractivity (Wildman–Crippen MR) is 137 cm³/mol. The molecule has 0 aliphatic carbocycles. The summed E-state index contributed by atoms with van der Waals surface area (Å²) < 4.78 is 34.0. The number of ether oxygens (including phenoxy) is 1. The summed E-state index contributed by atoms with van der Waals surface area (Å²) >= 11 is 0. The number of amides is 1. The summed E-state index contributed by atoms with van der Waals surface area (Å²) in [5, 5.41) is 0. The Bertz CT molecular complexity index is 1240. The summed E-state index contributed by atoms with van der Waals surface area (Å²) in [5.74, 6) is 0.169. The lowest BCUT2D eigenvalue weighted by Gasteiger charge is -2.36. The smallest absolute Gasteiger partial charge is 0.264 e. The van der Waals surface area contributed by atoms with E-state index in [1.807, 2.05) is 31.2 Å². The van der Waals surface area contributed by atoms with Crippen LogP contribution in [0.2, 0.25) is 0 Å². The summed E-state index contributed by atoms with van der Waals surface area (Å²) in [4.78, 5) is 17.6. The minimum atomic E-state index is -3.99. The fraction of sp³-hybridized carbons (Fsp3) is 0.296. The Morgan fingerprint density at radius 1 is 0.914 bits per heavy atom. The zero-order chi connectivity index (χ0) is 24.8. The van der Waals surface area contributed by atoms with E-state index in [1.54, 1.807) is 35.2 Å². The van der Waals surface area contributed by atoms with E-state index in [4.69, 9.17) is 4.74 Å². The van der Waals surface area contributed by atoms with Crippen molar-refractivity contribution in [1.82, 2.24) is 9.80 Å². The van der Waals surface area contributed by atoms with Crippen LogP contribution in [0.25, 0.3) is 0 Å². The molecule has 3 aromatic rings. The Kier molecular flexibility index (Phi) is 7.73. The molecular formula is C27H31N3O4S. The Labute approximate surface area is 207 Å². The number of nitrogens with zero attached hydrogens (tertiary/aromatic N) is 3. The standard InChI is InChI=1S/C27H31N3O4S/c1-22-13-14-26(34-2)25(19-22)30(35(32,33)24-11-7-4-8-12-24)21-27(31)29-17-15-28(16-18-29)20-23-9-5-3-6-10-23/h3-14,19H,15-18,20-21H2,1-2H3. The number of carbonyl (C=O) groups excluding carboxylic acids is 1. The number of anilines is 1. The molecule has 0 aromatic heterocycles. The largest absolute Gasteiger partial charge is 0.495 e. The second kappa shape index (κ2) is 10.9. The summed E-state index contributed by atoms with van der Waals surface area (Å²) in [6, 6.07) is 23.7. The van der Waals surface area contributed by atoms with Crippen LogP contribution in [-0.4, -0.2) is 64.0 Å². The van der Waals surface area contributed by atoms with E-state index in [-0.39, 0.29) is 17.3 Å². The number of carbonyl (C=O) groups is 1. The Morgan fingerprint density at radius 2 is 1.54 bits per heavy atom. The molecule has 1 fully saturated rings. The van der Waals surface area contributed by atoms with Crippen molar-refractivity contribution < 1.29 is 17.9 Å². The van der Waals surface area contributed by atoms with Crippen LogP contribution >= 0.6 is 0 Å². The van der Waals surface area contributed by atoms with E-state index in [9.17, 15) is 13.2 Å². The minimum absolute atomic E-state index is 0.129. The summed E-state index contributed by atoms with van der Waals surface area (Å²) in [7, 11) is -2.50. The minimum Gasteiger partial charge on any atom is -0.495 e. The topological polar surface area (TPSA) is 70.2 Å². The molecule has 1 amide bonds. The fourth-order valence-corrected chi connectivity index (χ4v) is 5.67. The first-order chi connectivity index (χ1) is 16.9. The van der Waals surface area contributed by atoms with Crippen LogP contribution in [0, 0.1) is 6.92 Å². The van der Waals surface area contributed by atoms with Gasteiger partial charge in [0, 0.05) is 32.7 Å². The lowest BCUT2D eigenvalue weighted by Crippen LogP contribution is -2.51. The number of hydrogen-bond acceptors (Lipinski definition) is 5. The van der Waals surface area contributed by atoms with Crippen LogP contribution in [-0.2, 0) is 21.4 Å². The highest BCUT2D eigenvalue weighted by molar-refractivity contribution is 7.92. The van der Waals surface area contributed by atoms with Gasteiger partial charge in [0.2, 0.25) is 5.91 Å². The Morgan fingerprint density at radius 3 is 2.17 bits per heavy atom. The molecule has 184 valence electrons. The monoisotopic (exact) mass is 493 g/mol. The highest BCUT2D eigenvalue weighted by Crippen LogP contribution is 2.33. The molecular weight excluding hydrogens is 462 g/mol. The maximum absolute atomic E-state index is 13.7. The quantitative estimate of drug-likeness (QED) is 0.480. The molecule has 0 saturated carbocycles. The van der Waals surface area contributed by atoms with Gasteiger partial charge in [0.1, 0.15) is 12.3 Å². The van der Waals surface area contributed by atoms with Gasteiger partial charge in [-0.2, -0.15) is 0 Å². The van der Waals surface area contributed by atoms with Gasteiger partial charge < -0.3 is 9.64 Å². The molecule has 0 spiro atoms. The average Bonchev–Trinajstić information content (AvgIpc) is 2.88. The van der Waals surface area contributed by atoms with Gasteiger partial charge in [-0.15, -0.1) is 0 Å². The zero-order valence-corrected chi connectivity index (χ0v) is 20.9. The predicted octanol–water partition coefficient (Wildman–Crippen LogP) is 3.54. The van der Waals surface area contributed by atoms with Crippen molar-refractivity contribution in [3.8, 4) is 5.75 Å². The van der Waals surface area contributed by atoms with Crippen molar-refractivity contribution in [2.24, 2.45) is 0 Å². The third kappa shape index (κ3) is 5.83. The van der Waals surface area contributed by atoms with Gasteiger partial charge in [0.15, 0.2) is 0 Å². The third-order valence-corrected chi connectivity index (χ3v) is 7.96. The van der Waals surface area contributed by atoms with Gasteiger partial charge >= 0.3 is 0 Å². The van der Waals surface area contributed by atoms with Crippen molar-refractivity contribution in [2.75, 3.05) is 44.1 Å². The zero-order valence-electron chi connectivity index (χ0n) is 20.1. The van der Waals surface area contributed by atoms with Gasteiger partial charge in [-0.3, -0.25) is 14.0 Å². The van der Waals surface area contributed by atoms with Gasteiger partial charge in [-0.05, 0) is 42.3 Å². The summed E-state index contributed by atoms with van der Waals surface area (Å²) in [6.07, 6.45) is 0. The van der Waals surface area contributed by atoms with Crippen LogP contribution in [0.1, 0.15) is 11.1 Å². The maximum Gasteiger partial charge on any atom is 0.264 e. The van der Waals surface area contributed by atoms with E-state index in [0.29, 0.717) is 24.5 Å². The first-order valence-electron chi connectivity index (χ1n) is 11.6. The Balaban J connectivity index is 1.54. The molecule has 0 N–H and O–H groups in total. The molecule has 0 unspecified atom stereocenters. The molecule has 1 aliphatic heterocycles. The van der Waals surface area contributed by atoms with E-state index < -0.39 is 10.0 Å². The van der Waals surface area contributed by atoms with E-state index in [1.165, 1.54) is 29.1 Å². The first kappa shape index (κ1) is 24.8. The first-order valence-corrected chi connectivity index (χ1v) is 13.1. The number of methoxy groups -OCH3 is 1. The van der Waals surface area contributed by atoms with Gasteiger partial charge in [-0.25, -0.2) is 8.42 Å². The molecule has 7 nitrogen and oxygen atoms in total. The number of hydrogen-bond donors (Lipinski definition) is 0. The lowest BCUT2D eigenvalue weighted by atomic mass is 10.2. The molecule has 0 radical (unpaired) electrons. The van der Waals surface area contributed by atoms with Crippen molar-refractivity contribution in [2.45, 2.75) is 18.4 Å². The number of aryl methyl sites for hydroxylation is 1. The van der Waals surface area contributed by atoms with Crippen LogP contribution < -0.4 is 9.04 Å². The van der Waals surface area contributed by atoms with Crippen molar-refractivity contribution in [3.63, 3.8) is 0 Å². The van der Waals surface area contributed by atoms with Crippen LogP contribution in [0.15, 0.2) is 83.8 Å². The third-order valence-electron chi connectivity index (χ3n) is 6.19. The molecule has 1 heterocycles. The number of benzene rings is 3. The van der Waals surface area contributed by atoms with E-state index >= 15 is 0 Å². The van der Waals surface area contributed by atoms with Gasteiger partial charge in [0.05, 0.1) is 17.7 Å². The molecule has 0 bridgehead atoms. The number of piperazine rings is 1. The second-order valence-electron chi connectivity index (χ2n) is 8.64. The number of rotatable bonds is 8. The molecule has 35 heavy (non-hydrogen) atoms. The Hall–Kier alpha value is -3.36. The van der Waals surface area contributed by atoms with Crippen molar-refractivity contribution in [1.29, 1.82) is 0 Å². The summed E-state index contributed by atoms with van der Waals surface area (Å²) in [6.45, 7) is 4.99. The van der Waals surface area contributed by atoms with E-state index in [0.717, 1.165) is 25.2 Å². The molecule has 8 heteroatoms. The average molecular weight is 494 g/mol. The van der Waals surface area contributed by atoms with E-state index in [2.05, 4.69) is 17.0 Å². The molecule has 3 aromatic carbocycles. The van der Waals surface area contributed by atoms with Gasteiger partial charge in [-0.1, -0.05) is 54.6 Å².